The summed E-state index contributed by atoms with van der Waals surface area (Å²) in [6.07, 6.45) is 0. The van der Waals surface area contributed by atoms with Gasteiger partial charge in [0.25, 0.3) is 0 Å². The Kier molecular flexibility index (Phi) is 7.72. The number of benzene rings is 9. The van der Waals surface area contributed by atoms with E-state index in [-0.39, 0.29) is 0 Å². The molecule has 0 atom stereocenters. The lowest BCUT2D eigenvalue weighted by Gasteiger charge is -2.16. The summed E-state index contributed by atoms with van der Waals surface area (Å²) in [5.74, 6) is 0.679. The Hall–Kier alpha value is -7.53. The van der Waals surface area contributed by atoms with Gasteiger partial charge in [-0.1, -0.05) is 182 Å². The maximum absolute atomic E-state index is 5.34. The molecule has 0 saturated heterocycles. The average Bonchev–Trinajstić information content (AvgIpc) is 3.70. The number of thiophene rings is 1. The predicted octanol–water partition coefficient (Wildman–Crippen LogP) is 15.2. The number of fused-ring (bicyclic) bond motifs is 9. The molecule has 0 bridgehead atoms. The fourth-order valence-electron chi connectivity index (χ4n) is 8.89. The first-order valence-electron chi connectivity index (χ1n) is 19.9. The third kappa shape index (κ3) is 5.53. The summed E-state index contributed by atoms with van der Waals surface area (Å²) >= 11 is 1.82. The highest BCUT2D eigenvalue weighted by atomic mass is 32.1. The van der Waals surface area contributed by atoms with Crippen LogP contribution in [0.4, 0.5) is 0 Å². The average molecular weight is 768 g/mol. The molecule has 3 nitrogen and oxygen atoms in total. The fourth-order valence-corrected chi connectivity index (χ4v) is 10.1. The maximum Gasteiger partial charge on any atom is 0.160 e. The molecule has 12 rings (SSSR count). The molecule has 4 heteroatoms. The molecular formula is C55H33N3S. The molecule has 0 aliphatic rings. The van der Waals surface area contributed by atoms with Gasteiger partial charge in [-0.15, -0.1) is 11.3 Å². The van der Waals surface area contributed by atoms with Crippen molar-refractivity contribution in [1.29, 1.82) is 0 Å². The van der Waals surface area contributed by atoms with E-state index in [0.29, 0.717) is 5.82 Å². The summed E-state index contributed by atoms with van der Waals surface area (Å²) in [5.41, 5.74) is 10.3. The minimum atomic E-state index is 0.679. The lowest BCUT2D eigenvalue weighted by Crippen LogP contribution is -1.97. The van der Waals surface area contributed by atoms with Crippen LogP contribution in [-0.2, 0) is 0 Å². The van der Waals surface area contributed by atoms with Crippen LogP contribution in [0.1, 0.15) is 0 Å². The number of nitrogens with zero attached hydrogens (tertiary/aromatic N) is 3. The first kappa shape index (κ1) is 33.6. The molecule has 12 aromatic rings. The van der Waals surface area contributed by atoms with Gasteiger partial charge in [0.15, 0.2) is 5.82 Å². The quantitative estimate of drug-likeness (QED) is 0.164. The van der Waals surface area contributed by atoms with Gasteiger partial charge < -0.3 is 0 Å². The minimum Gasteiger partial charge on any atom is -0.246 e. The summed E-state index contributed by atoms with van der Waals surface area (Å²) in [6.45, 7) is 0. The van der Waals surface area contributed by atoms with Gasteiger partial charge in [-0.3, -0.25) is 0 Å². The van der Waals surface area contributed by atoms with Gasteiger partial charge in [-0.2, -0.15) is 0 Å². The van der Waals surface area contributed by atoms with Crippen molar-refractivity contribution in [3.8, 4) is 56.3 Å². The molecule has 0 aliphatic heterocycles. The van der Waals surface area contributed by atoms with Crippen LogP contribution in [0, 0.1) is 0 Å². The minimum absolute atomic E-state index is 0.679. The van der Waals surface area contributed by atoms with Crippen molar-refractivity contribution in [2.24, 2.45) is 0 Å². The SMILES string of the molecule is c1ccc(-c2cc(-c3ccc(-c4cc5ccccc5c5ccccc45)c4ccccc34)nc(-c3ccc(-c4nc5c6ccccc6sc5c5ccccc45)cc3)n2)cc1. The van der Waals surface area contributed by atoms with Crippen molar-refractivity contribution in [3.63, 3.8) is 0 Å². The number of hydrogen-bond acceptors (Lipinski definition) is 4. The second kappa shape index (κ2) is 13.6. The van der Waals surface area contributed by atoms with E-state index in [4.69, 9.17) is 15.0 Å². The molecule has 0 unspecified atom stereocenters. The van der Waals surface area contributed by atoms with E-state index in [1.165, 1.54) is 58.2 Å². The van der Waals surface area contributed by atoms with Crippen molar-refractivity contribution in [1.82, 2.24) is 15.0 Å². The second-order valence-electron chi connectivity index (χ2n) is 15.1. The molecule has 0 amide bonds. The summed E-state index contributed by atoms with van der Waals surface area (Å²) in [7, 11) is 0. The van der Waals surface area contributed by atoms with Gasteiger partial charge in [-0.25, -0.2) is 15.0 Å². The van der Waals surface area contributed by atoms with Crippen LogP contribution >= 0.6 is 11.3 Å². The molecular weight excluding hydrogens is 735 g/mol. The molecule has 59 heavy (non-hydrogen) atoms. The fraction of sp³-hybridized carbons (Fsp3) is 0. The summed E-state index contributed by atoms with van der Waals surface area (Å²) in [4.78, 5) is 15.9. The topological polar surface area (TPSA) is 38.7 Å². The molecule has 0 radical (unpaired) electrons. The van der Waals surface area contributed by atoms with Crippen LogP contribution in [0.15, 0.2) is 200 Å². The standard InChI is InChI=1S/C55H33N3S/c1-2-14-34(15-3-1)49-33-50(44-31-30-43(40-19-7-8-20-41(40)44)48-32-37-16-4-5-17-38(37)39-18-6-9-21-42(39)48)57-55(56-49)36-28-26-35(27-29-36)52-45-22-10-11-23-46(45)54-53(58-52)47-24-12-13-25-51(47)59-54/h1-33H. The van der Waals surface area contributed by atoms with Crippen molar-refractivity contribution in [2.45, 2.75) is 0 Å². The van der Waals surface area contributed by atoms with E-state index >= 15 is 0 Å². The van der Waals surface area contributed by atoms with E-state index in [1.807, 2.05) is 17.4 Å². The number of hydrogen-bond donors (Lipinski definition) is 0. The van der Waals surface area contributed by atoms with Crippen LogP contribution in [0.5, 0.6) is 0 Å². The van der Waals surface area contributed by atoms with Crippen LogP contribution < -0.4 is 0 Å². The summed E-state index contributed by atoms with van der Waals surface area (Å²) in [5, 5.41) is 10.9. The lowest BCUT2D eigenvalue weighted by atomic mass is 9.89. The lowest BCUT2D eigenvalue weighted by molar-refractivity contribution is 1.18. The van der Waals surface area contributed by atoms with Gasteiger partial charge in [-0.05, 0) is 61.6 Å². The number of pyridine rings is 1. The Balaban J connectivity index is 1.01. The highest BCUT2D eigenvalue weighted by molar-refractivity contribution is 7.26. The smallest absolute Gasteiger partial charge is 0.160 e. The van der Waals surface area contributed by atoms with Gasteiger partial charge in [0, 0.05) is 43.1 Å². The maximum atomic E-state index is 5.34. The van der Waals surface area contributed by atoms with Gasteiger partial charge >= 0.3 is 0 Å². The van der Waals surface area contributed by atoms with E-state index in [1.54, 1.807) is 0 Å². The predicted molar refractivity (Wildman–Crippen MR) is 250 cm³/mol. The Bertz CT molecular complexity index is 3610. The van der Waals surface area contributed by atoms with Gasteiger partial charge in [0.2, 0.25) is 0 Å². The zero-order valence-corrected chi connectivity index (χ0v) is 32.6. The van der Waals surface area contributed by atoms with Crippen molar-refractivity contribution >= 4 is 74.7 Å². The molecule has 3 aromatic heterocycles. The molecule has 0 spiro atoms. The molecule has 0 fully saturated rings. The van der Waals surface area contributed by atoms with E-state index in [0.717, 1.165) is 55.6 Å². The molecule has 3 heterocycles. The van der Waals surface area contributed by atoms with Gasteiger partial charge in [0.05, 0.1) is 27.3 Å². The first-order chi connectivity index (χ1) is 29.2. The Morgan fingerprint density at radius 2 is 0.881 bits per heavy atom. The third-order valence-electron chi connectivity index (χ3n) is 11.7. The zero-order valence-electron chi connectivity index (χ0n) is 31.8. The highest BCUT2D eigenvalue weighted by Gasteiger charge is 2.18. The van der Waals surface area contributed by atoms with Gasteiger partial charge in [0.1, 0.15) is 0 Å². The van der Waals surface area contributed by atoms with Crippen LogP contribution in [-0.4, -0.2) is 15.0 Å². The van der Waals surface area contributed by atoms with E-state index < -0.39 is 0 Å². The van der Waals surface area contributed by atoms with Crippen LogP contribution in [0.2, 0.25) is 0 Å². The number of rotatable bonds is 5. The van der Waals surface area contributed by atoms with Crippen molar-refractivity contribution in [3.05, 3.63) is 200 Å². The Labute approximate surface area is 344 Å². The first-order valence-corrected chi connectivity index (χ1v) is 20.8. The molecule has 274 valence electrons. The Morgan fingerprint density at radius 3 is 1.66 bits per heavy atom. The summed E-state index contributed by atoms with van der Waals surface area (Å²) < 4.78 is 2.48. The monoisotopic (exact) mass is 767 g/mol. The largest absolute Gasteiger partial charge is 0.246 e. The van der Waals surface area contributed by atoms with Crippen LogP contribution in [0.3, 0.4) is 0 Å². The van der Waals surface area contributed by atoms with Crippen molar-refractivity contribution < 1.29 is 0 Å². The normalized spacial score (nSPS) is 11.7. The van der Waals surface area contributed by atoms with E-state index in [2.05, 4.69) is 194 Å². The van der Waals surface area contributed by atoms with Crippen molar-refractivity contribution in [2.75, 3.05) is 0 Å². The molecule has 9 aromatic carbocycles. The zero-order chi connectivity index (χ0) is 38.9. The van der Waals surface area contributed by atoms with E-state index in [9.17, 15) is 0 Å². The highest BCUT2D eigenvalue weighted by Crippen LogP contribution is 2.43. The Morgan fingerprint density at radius 1 is 0.322 bits per heavy atom. The summed E-state index contributed by atoms with van der Waals surface area (Å²) in [6, 6.07) is 71.4. The number of aromatic nitrogens is 3. The molecule has 0 aliphatic carbocycles. The third-order valence-corrected chi connectivity index (χ3v) is 12.9. The molecule has 0 N–H and O–H groups in total. The second-order valence-corrected chi connectivity index (χ2v) is 16.1. The molecule has 0 saturated carbocycles. The van der Waals surface area contributed by atoms with Crippen LogP contribution in [0.25, 0.3) is 120 Å².